The molecule has 15 heavy (non-hydrogen) atoms. The van der Waals surface area contributed by atoms with E-state index in [0.29, 0.717) is 17.3 Å². The molecule has 1 aliphatic carbocycles. The molecule has 1 aromatic carbocycles. The third-order valence-corrected chi connectivity index (χ3v) is 2.56. The van der Waals surface area contributed by atoms with Gasteiger partial charge in [0.15, 0.2) is 0 Å². The minimum Gasteiger partial charge on any atom is -0.402 e. The molecular formula is C12H15N3. The van der Waals surface area contributed by atoms with Crippen molar-refractivity contribution in [3.8, 4) is 0 Å². The molecular weight excluding hydrogens is 186 g/mol. The summed E-state index contributed by atoms with van der Waals surface area (Å²) < 4.78 is 0. The minimum atomic E-state index is 0.437. The lowest BCUT2D eigenvalue weighted by Gasteiger charge is -2.02. The van der Waals surface area contributed by atoms with E-state index >= 15 is 0 Å². The number of nitrogens with one attached hydrogen (secondary N) is 1. The highest BCUT2D eigenvalue weighted by atomic mass is 14.6. The van der Waals surface area contributed by atoms with Crippen LogP contribution in [0.5, 0.6) is 0 Å². The molecule has 0 atom stereocenters. The maximum absolute atomic E-state index is 7.87. The third kappa shape index (κ3) is 2.37. The summed E-state index contributed by atoms with van der Waals surface area (Å²) in [7, 11) is 0. The molecule has 2 rings (SSSR count). The molecule has 0 amide bonds. The molecule has 1 aliphatic rings. The molecule has 3 heteroatoms. The zero-order valence-corrected chi connectivity index (χ0v) is 8.53. The first-order chi connectivity index (χ1) is 7.16. The molecule has 78 valence electrons. The van der Waals surface area contributed by atoms with Crippen molar-refractivity contribution in [2.24, 2.45) is 11.7 Å². The number of hydrogen-bond acceptors (Lipinski definition) is 3. The van der Waals surface area contributed by atoms with Gasteiger partial charge in [-0.3, -0.25) is 0 Å². The van der Waals surface area contributed by atoms with Crippen LogP contribution in [0.3, 0.4) is 0 Å². The van der Waals surface area contributed by atoms with Gasteiger partial charge in [0.25, 0.3) is 0 Å². The van der Waals surface area contributed by atoms with Gasteiger partial charge in [-0.1, -0.05) is 12.1 Å². The molecule has 1 aromatic rings. The van der Waals surface area contributed by atoms with Gasteiger partial charge in [0.2, 0.25) is 0 Å². The molecule has 0 aliphatic heterocycles. The van der Waals surface area contributed by atoms with Gasteiger partial charge in [-0.05, 0) is 37.0 Å². The molecule has 0 radical (unpaired) electrons. The Morgan fingerprint density at radius 2 is 2.13 bits per heavy atom. The van der Waals surface area contributed by atoms with E-state index in [2.05, 4.69) is 0 Å². The molecule has 0 heterocycles. The van der Waals surface area contributed by atoms with Gasteiger partial charge in [0.1, 0.15) is 0 Å². The number of rotatable bonds is 3. The predicted octanol–water partition coefficient (Wildman–Crippen LogP) is 1.89. The van der Waals surface area contributed by atoms with Crippen molar-refractivity contribution in [2.45, 2.75) is 12.8 Å². The minimum absolute atomic E-state index is 0.437. The van der Waals surface area contributed by atoms with E-state index in [0.717, 1.165) is 24.1 Å². The van der Waals surface area contributed by atoms with Crippen LogP contribution in [-0.4, -0.2) is 5.71 Å². The van der Waals surface area contributed by atoms with Crippen LogP contribution in [0.1, 0.15) is 18.4 Å². The Kier molecular flexibility index (Phi) is 2.46. The smallest absolute Gasteiger partial charge is 0.0630 e. The first-order valence-electron chi connectivity index (χ1n) is 5.08. The van der Waals surface area contributed by atoms with Crippen LogP contribution in [0, 0.1) is 11.3 Å². The van der Waals surface area contributed by atoms with Crippen LogP contribution in [0.15, 0.2) is 36.0 Å². The van der Waals surface area contributed by atoms with E-state index in [1.54, 1.807) is 12.1 Å². The highest BCUT2D eigenvalue weighted by Gasteiger charge is 2.24. The van der Waals surface area contributed by atoms with Gasteiger partial charge >= 0.3 is 0 Å². The molecule has 5 N–H and O–H groups in total. The maximum atomic E-state index is 7.87. The number of nitrogens with two attached hydrogens (primary N) is 2. The second-order valence-electron chi connectivity index (χ2n) is 3.96. The monoisotopic (exact) mass is 201 g/mol. The van der Waals surface area contributed by atoms with Crippen molar-refractivity contribution in [1.82, 2.24) is 0 Å². The summed E-state index contributed by atoms with van der Waals surface area (Å²) in [4.78, 5) is 0. The highest BCUT2D eigenvalue weighted by Crippen LogP contribution is 2.33. The van der Waals surface area contributed by atoms with Crippen LogP contribution in [-0.2, 0) is 0 Å². The van der Waals surface area contributed by atoms with Crippen molar-refractivity contribution in [2.75, 3.05) is 5.73 Å². The molecule has 1 fully saturated rings. The van der Waals surface area contributed by atoms with Crippen molar-refractivity contribution in [3.63, 3.8) is 0 Å². The zero-order chi connectivity index (χ0) is 10.8. The number of nitrogen functional groups attached to an aromatic ring is 1. The van der Waals surface area contributed by atoms with Crippen molar-refractivity contribution in [3.05, 3.63) is 41.6 Å². The van der Waals surface area contributed by atoms with Crippen molar-refractivity contribution < 1.29 is 0 Å². The van der Waals surface area contributed by atoms with Crippen LogP contribution in [0.4, 0.5) is 5.69 Å². The Balaban J connectivity index is 2.17. The third-order valence-electron chi connectivity index (χ3n) is 2.56. The van der Waals surface area contributed by atoms with Crippen LogP contribution in [0.25, 0.3) is 0 Å². The number of anilines is 1. The molecule has 0 spiro atoms. The summed E-state index contributed by atoms with van der Waals surface area (Å²) >= 11 is 0. The van der Waals surface area contributed by atoms with E-state index in [1.165, 1.54) is 0 Å². The van der Waals surface area contributed by atoms with Crippen LogP contribution < -0.4 is 11.5 Å². The standard InChI is InChI=1S/C12H15N3/c13-10-3-1-2-9(6-10)12(15)7-11(14)8-4-5-8/h1-3,6-8,15H,4-5,13-14H2/b11-7-,15-12?. The van der Waals surface area contributed by atoms with E-state index < -0.39 is 0 Å². The van der Waals surface area contributed by atoms with Crippen molar-refractivity contribution in [1.29, 1.82) is 5.41 Å². The SMILES string of the molecule is N=C(/C=C(\N)C1CC1)c1cccc(N)c1. The van der Waals surface area contributed by atoms with E-state index in [9.17, 15) is 0 Å². The molecule has 1 saturated carbocycles. The van der Waals surface area contributed by atoms with Crippen LogP contribution in [0.2, 0.25) is 0 Å². The predicted molar refractivity (Wildman–Crippen MR) is 62.7 cm³/mol. The van der Waals surface area contributed by atoms with E-state index in [-0.39, 0.29) is 0 Å². The lowest BCUT2D eigenvalue weighted by atomic mass is 10.1. The Morgan fingerprint density at radius 1 is 1.40 bits per heavy atom. The molecule has 0 unspecified atom stereocenters. The summed E-state index contributed by atoms with van der Waals surface area (Å²) in [6.07, 6.45) is 4.06. The lowest BCUT2D eigenvalue weighted by molar-refractivity contribution is 0.983. The topological polar surface area (TPSA) is 75.9 Å². The van der Waals surface area contributed by atoms with Gasteiger partial charge in [-0.2, -0.15) is 0 Å². The highest BCUT2D eigenvalue weighted by molar-refractivity contribution is 6.07. The summed E-state index contributed by atoms with van der Waals surface area (Å²) in [6, 6.07) is 7.32. The fraction of sp³-hybridized carbons (Fsp3) is 0.250. The first-order valence-corrected chi connectivity index (χ1v) is 5.08. The summed E-state index contributed by atoms with van der Waals surface area (Å²) in [5.74, 6) is 0.506. The van der Waals surface area contributed by atoms with Gasteiger partial charge in [0.05, 0.1) is 5.71 Å². The van der Waals surface area contributed by atoms with Gasteiger partial charge in [-0.25, -0.2) is 0 Å². The molecule has 0 bridgehead atoms. The largest absolute Gasteiger partial charge is 0.402 e. The fourth-order valence-corrected chi connectivity index (χ4v) is 1.49. The molecule has 0 aromatic heterocycles. The fourth-order valence-electron chi connectivity index (χ4n) is 1.49. The quantitative estimate of drug-likeness (QED) is 0.516. The normalized spacial score (nSPS) is 16.4. The molecule has 0 saturated heterocycles. The van der Waals surface area contributed by atoms with Gasteiger partial charge in [0, 0.05) is 16.9 Å². The van der Waals surface area contributed by atoms with E-state index in [4.69, 9.17) is 16.9 Å². The summed E-state index contributed by atoms with van der Waals surface area (Å²) in [5, 5.41) is 7.87. The average molecular weight is 201 g/mol. The summed E-state index contributed by atoms with van der Waals surface area (Å²) in [6.45, 7) is 0. The molecule has 3 nitrogen and oxygen atoms in total. The van der Waals surface area contributed by atoms with Crippen LogP contribution >= 0.6 is 0 Å². The zero-order valence-electron chi connectivity index (χ0n) is 8.53. The van der Waals surface area contributed by atoms with Gasteiger partial charge in [-0.15, -0.1) is 0 Å². The van der Waals surface area contributed by atoms with E-state index in [1.807, 2.05) is 18.2 Å². The van der Waals surface area contributed by atoms with Crippen molar-refractivity contribution >= 4 is 11.4 Å². The second-order valence-corrected chi connectivity index (χ2v) is 3.96. The average Bonchev–Trinajstić information content (AvgIpc) is 3.00. The number of benzene rings is 1. The second kappa shape index (κ2) is 3.77. The maximum Gasteiger partial charge on any atom is 0.0630 e. The Hall–Kier alpha value is -1.77. The Morgan fingerprint density at radius 3 is 2.73 bits per heavy atom. The number of hydrogen-bond donors (Lipinski definition) is 3. The Bertz CT molecular complexity index is 417. The van der Waals surface area contributed by atoms with Gasteiger partial charge < -0.3 is 16.9 Å². The first kappa shape index (κ1) is 9.77. The lowest BCUT2D eigenvalue weighted by Crippen LogP contribution is -2.04. The number of allylic oxidation sites excluding steroid dienone is 2. The Labute approximate surface area is 89.3 Å². The summed E-state index contributed by atoms with van der Waals surface area (Å²) in [5.41, 5.74) is 14.2.